The Bertz CT molecular complexity index is 162. The summed E-state index contributed by atoms with van der Waals surface area (Å²) in [7, 11) is 3.56. The first-order chi connectivity index (χ1) is 6.57. The predicted octanol–water partition coefficient (Wildman–Crippen LogP) is 1.20. The van der Waals surface area contributed by atoms with Crippen molar-refractivity contribution in [1.29, 1.82) is 0 Å². The highest BCUT2D eigenvalue weighted by atomic mass is 32.2. The smallest absolute Gasteiger partial charge is 0.236 e. The summed E-state index contributed by atoms with van der Waals surface area (Å²) in [6, 6.07) is 0.429. The van der Waals surface area contributed by atoms with Crippen LogP contribution in [0.4, 0.5) is 0 Å². The van der Waals surface area contributed by atoms with Crippen LogP contribution in [-0.2, 0) is 4.79 Å². The molecular formula is C10H22N2OS. The molecule has 0 aromatic carbocycles. The lowest BCUT2D eigenvalue weighted by Gasteiger charge is -2.15. The van der Waals surface area contributed by atoms with Crippen molar-refractivity contribution >= 4 is 17.7 Å². The molecule has 1 unspecified atom stereocenters. The summed E-state index contributed by atoms with van der Waals surface area (Å²) < 4.78 is 0. The van der Waals surface area contributed by atoms with Crippen LogP contribution in [0.25, 0.3) is 0 Å². The van der Waals surface area contributed by atoms with Crippen molar-refractivity contribution in [2.45, 2.75) is 26.3 Å². The number of hydrogen-bond donors (Lipinski definition) is 1. The molecule has 1 amide bonds. The minimum absolute atomic E-state index is 0.139. The monoisotopic (exact) mass is 218 g/mol. The van der Waals surface area contributed by atoms with Crippen LogP contribution in [0, 0.1) is 0 Å². The van der Waals surface area contributed by atoms with Crippen molar-refractivity contribution in [1.82, 2.24) is 10.2 Å². The van der Waals surface area contributed by atoms with Gasteiger partial charge in [-0.3, -0.25) is 4.79 Å². The molecule has 0 aromatic heterocycles. The van der Waals surface area contributed by atoms with Gasteiger partial charge in [-0.25, -0.2) is 0 Å². The summed E-state index contributed by atoms with van der Waals surface area (Å²) in [6.45, 7) is 4.74. The molecule has 0 saturated carbocycles. The predicted molar refractivity (Wildman–Crippen MR) is 63.8 cm³/mol. The van der Waals surface area contributed by atoms with Crippen LogP contribution in [0.1, 0.15) is 20.3 Å². The van der Waals surface area contributed by atoms with Gasteiger partial charge in [0.15, 0.2) is 0 Å². The maximum Gasteiger partial charge on any atom is 0.236 e. The lowest BCUT2D eigenvalue weighted by Crippen LogP contribution is -2.37. The lowest BCUT2D eigenvalue weighted by atomic mass is 10.2. The molecule has 0 radical (unpaired) electrons. The third-order valence-corrected chi connectivity index (χ3v) is 2.93. The fourth-order valence-corrected chi connectivity index (χ4v) is 1.74. The van der Waals surface area contributed by atoms with Crippen molar-refractivity contribution in [3.05, 3.63) is 0 Å². The van der Waals surface area contributed by atoms with Gasteiger partial charge in [-0.1, -0.05) is 6.92 Å². The first kappa shape index (κ1) is 13.8. The standard InChI is InChI=1S/C10H22N2OS/c1-5-14-7-6-9(2)11-8-10(13)12(3)4/h9,11H,5-8H2,1-4H3. The summed E-state index contributed by atoms with van der Waals surface area (Å²) in [5.41, 5.74) is 0. The topological polar surface area (TPSA) is 32.3 Å². The van der Waals surface area contributed by atoms with E-state index in [9.17, 15) is 4.79 Å². The van der Waals surface area contributed by atoms with Gasteiger partial charge in [0.25, 0.3) is 0 Å². The first-order valence-electron chi connectivity index (χ1n) is 5.09. The van der Waals surface area contributed by atoms with Gasteiger partial charge < -0.3 is 10.2 Å². The van der Waals surface area contributed by atoms with Crippen LogP contribution >= 0.6 is 11.8 Å². The van der Waals surface area contributed by atoms with Gasteiger partial charge in [0.2, 0.25) is 5.91 Å². The maximum atomic E-state index is 11.2. The van der Waals surface area contributed by atoms with E-state index in [0.29, 0.717) is 12.6 Å². The Hall–Kier alpha value is -0.220. The number of carbonyl (C=O) groups is 1. The van der Waals surface area contributed by atoms with Gasteiger partial charge >= 0.3 is 0 Å². The molecule has 1 atom stereocenters. The number of nitrogens with one attached hydrogen (secondary N) is 1. The fraction of sp³-hybridized carbons (Fsp3) is 0.900. The molecule has 0 aliphatic carbocycles. The number of likely N-dealkylation sites (N-methyl/N-ethyl adjacent to an activating group) is 1. The Labute approximate surface area is 91.6 Å². The molecule has 0 spiro atoms. The van der Waals surface area contributed by atoms with Crippen LogP contribution in [0.5, 0.6) is 0 Å². The van der Waals surface area contributed by atoms with E-state index in [1.807, 2.05) is 11.8 Å². The molecular weight excluding hydrogens is 196 g/mol. The molecule has 0 heterocycles. The zero-order chi connectivity index (χ0) is 11.0. The molecule has 3 nitrogen and oxygen atoms in total. The normalized spacial score (nSPS) is 12.6. The van der Waals surface area contributed by atoms with Crippen LogP contribution < -0.4 is 5.32 Å². The van der Waals surface area contributed by atoms with E-state index in [1.165, 1.54) is 11.5 Å². The second-order valence-electron chi connectivity index (χ2n) is 3.56. The number of amides is 1. The van der Waals surface area contributed by atoms with E-state index in [-0.39, 0.29) is 5.91 Å². The minimum Gasteiger partial charge on any atom is -0.348 e. The van der Waals surface area contributed by atoms with Crippen LogP contribution in [0.2, 0.25) is 0 Å². The molecule has 0 rings (SSSR count). The number of hydrogen-bond acceptors (Lipinski definition) is 3. The summed E-state index contributed by atoms with van der Waals surface area (Å²) in [5.74, 6) is 2.48. The quantitative estimate of drug-likeness (QED) is 0.652. The third-order valence-electron chi connectivity index (χ3n) is 2.00. The third kappa shape index (κ3) is 7.21. The molecule has 14 heavy (non-hydrogen) atoms. The Kier molecular flexibility index (Phi) is 7.99. The van der Waals surface area contributed by atoms with Crippen molar-refractivity contribution in [2.75, 3.05) is 32.1 Å². The summed E-state index contributed by atoms with van der Waals surface area (Å²) in [6.07, 6.45) is 1.12. The molecule has 1 N–H and O–H groups in total. The van der Waals surface area contributed by atoms with E-state index in [2.05, 4.69) is 19.2 Å². The molecule has 0 aliphatic heterocycles. The van der Waals surface area contributed by atoms with Crippen molar-refractivity contribution < 1.29 is 4.79 Å². The molecule has 0 saturated heterocycles. The summed E-state index contributed by atoms with van der Waals surface area (Å²) in [5, 5.41) is 3.22. The zero-order valence-electron chi connectivity index (χ0n) is 9.67. The fourth-order valence-electron chi connectivity index (χ4n) is 0.926. The second-order valence-corrected chi connectivity index (χ2v) is 4.95. The van der Waals surface area contributed by atoms with Crippen LogP contribution in [0.3, 0.4) is 0 Å². The van der Waals surface area contributed by atoms with Crippen molar-refractivity contribution in [2.24, 2.45) is 0 Å². The van der Waals surface area contributed by atoms with Crippen molar-refractivity contribution in [3.8, 4) is 0 Å². The first-order valence-corrected chi connectivity index (χ1v) is 6.24. The van der Waals surface area contributed by atoms with Gasteiger partial charge in [-0.15, -0.1) is 0 Å². The van der Waals surface area contributed by atoms with Gasteiger partial charge in [-0.2, -0.15) is 11.8 Å². The van der Waals surface area contributed by atoms with Crippen molar-refractivity contribution in [3.63, 3.8) is 0 Å². The number of rotatable bonds is 7. The average Bonchev–Trinajstić information content (AvgIpc) is 2.14. The maximum absolute atomic E-state index is 11.2. The van der Waals surface area contributed by atoms with Gasteiger partial charge in [0.05, 0.1) is 6.54 Å². The van der Waals surface area contributed by atoms with Crippen LogP contribution in [-0.4, -0.2) is 49.0 Å². The Morgan fingerprint density at radius 3 is 2.64 bits per heavy atom. The van der Waals surface area contributed by atoms with E-state index >= 15 is 0 Å². The molecule has 0 fully saturated rings. The molecule has 4 heteroatoms. The highest BCUT2D eigenvalue weighted by Gasteiger charge is 2.06. The molecule has 84 valence electrons. The number of carbonyl (C=O) groups excluding carboxylic acids is 1. The van der Waals surface area contributed by atoms with E-state index in [1.54, 1.807) is 19.0 Å². The van der Waals surface area contributed by atoms with Gasteiger partial charge in [0.1, 0.15) is 0 Å². The van der Waals surface area contributed by atoms with E-state index < -0.39 is 0 Å². The Morgan fingerprint density at radius 2 is 2.14 bits per heavy atom. The van der Waals surface area contributed by atoms with Gasteiger partial charge in [-0.05, 0) is 24.9 Å². The minimum atomic E-state index is 0.139. The summed E-state index contributed by atoms with van der Waals surface area (Å²) in [4.78, 5) is 12.8. The lowest BCUT2D eigenvalue weighted by molar-refractivity contribution is -0.127. The highest BCUT2D eigenvalue weighted by molar-refractivity contribution is 7.99. The Morgan fingerprint density at radius 1 is 1.50 bits per heavy atom. The molecule has 0 aliphatic rings. The highest BCUT2D eigenvalue weighted by Crippen LogP contribution is 2.03. The SMILES string of the molecule is CCSCCC(C)NCC(=O)N(C)C. The molecule has 0 bridgehead atoms. The zero-order valence-corrected chi connectivity index (χ0v) is 10.5. The van der Waals surface area contributed by atoms with Crippen LogP contribution in [0.15, 0.2) is 0 Å². The summed E-state index contributed by atoms with van der Waals surface area (Å²) >= 11 is 1.94. The number of thioether (sulfide) groups is 1. The molecule has 0 aromatic rings. The largest absolute Gasteiger partial charge is 0.348 e. The second kappa shape index (κ2) is 8.12. The number of nitrogens with zero attached hydrogens (tertiary/aromatic N) is 1. The Balaban J connectivity index is 3.43. The van der Waals surface area contributed by atoms with E-state index in [4.69, 9.17) is 0 Å². The van der Waals surface area contributed by atoms with Gasteiger partial charge in [0, 0.05) is 20.1 Å². The average molecular weight is 218 g/mol. The van der Waals surface area contributed by atoms with E-state index in [0.717, 1.165) is 6.42 Å².